The lowest BCUT2D eigenvalue weighted by Gasteiger charge is -2.26. The largest absolute Gasteiger partial charge is 0.441 e. The molecule has 0 spiro atoms. The Morgan fingerprint density at radius 3 is 2.56 bits per heavy atom. The summed E-state index contributed by atoms with van der Waals surface area (Å²) in [6.07, 6.45) is 1.27. The van der Waals surface area contributed by atoms with Crippen LogP contribution in [0.1, 0.15) is 19.6 Å². The summed E-state index contributed by atoms with van der Waals surface area (Å²) in [6, 6.07) is 7.43. The van der Waals surface area contributed by atoms with Gasteiger partial charge in [-0.1, -0.05) is 6.07 Å². The fourth-order valence-electron chi connectivity index (χ4n) is 2.77. The van der Waals surface area contributed by atoms with Crippen LogP contribution in [0.2, 0.25) is 0 Å². The van der Waals surface area contributed by atoms with Crippen LogP contribution in [0.25, 0.3) is 6.08 Å². The second-order valence-corrected chi connectivity index (χ2v) is 5.79. The first kappa shape index (κ1) is 18.4. The van der Waals surface area contributed by atoms with Crippen molar-refractivity contribution in [2.45, 2.75) is 13.8 Å². The van der Waals surface area contributed by atoms with Crippen LogP contribution in [0, 0.1) is 5.82 Å². The van der Waals surface area contributed by atoms with Gasteiger partial charge in [0.2, 0.25) is 0 Å². The quantitative estimate of drug-likeness (QED) is 0.645. The number of urea groups is 1. The van der Waals surface area contributed by atoms with Crippen LogP contribution in [0.15, 0.2) is 46.4 Å². The Labute approximate surface area is 155 Å². The molecule has 1 aromatic heterocycles. The summed E-state index contributed by atoms with van der Waals surface area (Å²) in [7, 11) is 0. The molecule has 1 N–H and O–H groups in total. The van der Waals surface area contributed by atoms with Crippen LogP contribution >= 0.6 is 0 Å². The van der Waals surface area contributed by atoms with E-state index >= 15 is 0 Å². The monoisotopic (exact) mass is 371 g/mol. The second-order valence-electron chi connectivity index (χ2n) is 5.79. The summed E-state index contributed by atoms with van der Waals surface area (Å²) < 4.78 is 19.1. The van der Waals surface area contributed by atoms with Crippen molar-refractivity contribution in [2.24, 2.45) is 0 Å². The molecule has 0 bridgehead atoms. The molecule has 1 aliphatic rings. The van der Waals surface area contributed by atoms with Crippen molar-refractivity contribution in [3.63, 3.8) is 0 Å². The lowest BCUT2D eigenvalue weighted by Crippen LogP contribution is -2.54. The van der Waals surface area contributed by atoms with Gasteiger partial charge in [0.15, 0.2) is 5.88 Å². The summed E-state index contributed by atoms with van der Waals surface area (Å²) in [5, 5.41) is 2.08. The summed E-state index contributed by atoms with van der Waals surface area (Å²) in [5.41, 5.74) is -0.251. The summed E-state index contributed by atoms with van der Waals surface area (Å²) in [6.45, 7) is 5.43. The zero-order chi connectivity index (χ0) is 19.6. The molecule has 0 aliphatic carbocycles. The smallest absolute Gasteiger partial charge is 0.335 e. The molecule has 1 aliphatic heterocycles. The average molecular weight is 371 g/mol. The molecular formula is C19H18FN3O4. The van der Waals surface area contributed by atoms with Crippen molar-refractivity contribution in [2.75, 3.05) is 22.9 Å². The minimum absolute atomic E-state index is 0.0270. The van der Waals surface area contributed by atoms with Crippen LogP contribution in [-0.2, 0) is 9.59 Å². The molecule has 1 saturated heterocycles. The molecule has 1 fully saturated rings. The number of hydrogen-bond donors (Lipinski definition) is 1. The zero-order valence-electron chi connectivity index (χ0n) is 14.9. The van der Waals surface area contributed by atoms with E-state index in [2.05, 4.69) is 5.32 Å². The number of halogens is 1. The molecule has 4 amide bonds. The van der Waals surface area contributed by atoms with E-state index in [1.807, 2.05) is 18.7 Å². The Bertz CT molecular complexity index is 931. The van der Waals surface area contributed by atoms with Gasteiger partial charge in [-0.3, -0.25) is 14.9 Å². The number of carbonyl (C=O) groups is 3. The van der Waals surface area contributed by atoms with E-state index in [-0.39, 0.29) is 11.3 Å². The highest BCUT2D eigenvalue weighted by Gasteiger charge is 2.37. The van der Waals surface area contributed by atoms with Gasteiger partial charge in [0.25, 0.3) is 11.8 Å². The van der Waals surface area contributed by atoms with Crippen LogP contribution < -0.4 is 15.1 Å². The maximum atomic E-state index is 13.5. The van der Waals surface area contributed by atoms with E-state index in [0.29, 0.717) is 16.5 Å². The van der Waals surface area contributed by atoms with Gasteiger partial charge < -0.3 is 9.32 Å². The summed E-state index contributed by atoms with van der Waals surface area (Å²) in [5.74, 6) is -1.39. The fraction of sp³-hybridized carbons (Fsp3) is 0.211. The highest BCUT2D eigenvalue weighted by molar-refractivity contribution is 6.39. The molecular weight excluding hydrogens is 353 g/mol. The molecule has 8 heteroatoms. The van der Waals surface area contributed by atoms with Crippen molar-refractivity contribution in [3.8, 4) is 0 Å². The third kappa shape index (κ3) is 3.59. The normalized spacial score (nSPS) is 16.0. The molecule has 3 rings (SSSR count). The number of nitrogens with one attached hydrogen (secondary N) is 1. The van der Waals surface area contributed by atoms with Gasteiger partial charge in [-0.25, -0.2) is 14.1 Å². The topological polar surface area (TPSA) is 82.9 Å². The molecule has 2 heterocycles. The lowest BCUT2D eigenvalue weighted by atomic mass is 10.1. The number of anilines is 2. The molecule has 27 heavy (non-hydrogen) atoms. The lowest BCUT2D eigenvalue weighted by molar-refractivity contribution is -0.122. The highest BCUT2D eigenvalue weighted by Crippen LogP contribution is 2.24. The number of hydrogen-bond acceptors (Lipinski definition) is 5. The van der Waals surface area contributed by atoms with Crippen LogP contribution in [0.5, 0.6) is 0 Å². The van der Waals surface area contributed by atoms with Gasteiger partial charge in [-0.2, -0.15) is 0 Å². The van der Waals surface area contributed by atoms with E-state index in [0.717, 1.165) is 19.2 Å². The Morgan fingerprint density at radius 1 is 1.15 bits per heavy atom. The minimum Gasteiger partial charge on any atom is -0.441 e. The van der Waals surface area contributed by atoms with Crippen molar-refractivity contribution in [3.05, 3.63) is 53.5 Å². The maximum Gasteiger partial charge on any atom is 0.335 e. The Morgan fingerprint density at radius 2 is 1.89 bits per heavy atom. The maximum absolute atomic E-state index is 13.5. The number of rotatable bonds is 5. The molecule has 140 valence electrons. The third-order valence-corrected chi connectivity index (χ3v) is 4.14. The first-order chi connectivity index (χ1) is 12.9. The first-order valence-corrected chi connectivity index (χ1v) is 8.46. The van der Waals surface area contributed by atoms with E-state index in [1.165, 1.54) is 24.3 Å². The van der Waals surface area contributed by atoms with Crippen LogP contribution in [-0.4, -0.2) is 30.9 Å². The predicted octanol–water partition coefficient (Wildman–Crippen LogP) is 2.93. The van der Waals surface area contributed by atoms with Crippen molar-refractivity contribution >= 4 is 35.5 Å². The first-order valence-electron chi connectivity index (χ1n) is 8.46. The minimum atomic E-state index is -0.934. The van der Waals surface area contributed by atoms with Crippen molar-refractivity contribution in [1.82, 2.24) is 5.32 Å². The Hall–Kier alpha value is -3.42. The van der Waals surface area contributed by atoms with Crippen LogP contribution in [0.3, 0.4) is 0 Å². The van der Waals surface area contributed by atoms with Crippen molar-refractivity contribution in [1.29, 1.82) is 0 Å². The van der Waals surface area contributed by atoms with Gasteiger partial charge in [-0.15, -0.1) is 0 Å². The number of benzene rings is 1. The number of imide groups is 2. The number of barbiturate groups is 1. The predicted molar refractivity (Wildman–Crippen MR) is 97.7 cm³/mol. The molecule has 2 aromatic rings. The number of furan rings is 1. The van der Waals surface area contributed by atoms with Gasteiger partial charge in [-0.05, 0) is 44.2 Å². The number of amides is 4. The standard InChI is InChI=1S/C19H18FN3O4/c1-3-22(4-2)16-9-8-14(27-16)11-15-17(24)21-19(26)23(18(15)25)13-7-5-6-12(20)10-13/h5-11H,3-4H2,1-2H3,(H,21,24,26). The van der Waals surface area contributed by atoms with Gasteiger partial charge in [0.05, 0.1) is 5.69 Å². The van der Waals surface area contributed by atoms with Gasteiger partial charge in [0, 0.05) is 19.2 Å². The third-order valence-electron chi connectivity index (χ3n) is 4.14. The van der Waals surface area contributed by atoms with Crippen LogP contribution in [0.4, 0.5) is 20.8 Å². The van der Waals surface area contributed by atoms with E-state index in [4.69, 9.17) is 4.42 Å². The van der Waals surface area contributed by atoms with Gasteiger partial charge in [0.1, 0.15) is 17.2 Å². The molecule has 7 nitrogen and oxygen atoms in total. The zero-order valence-corrected chi connectivity index (χ0v) is 14.9. The van der Waals surface area contributed by atoms with Crippen molar-refractivity contribution < 1.29 is 23.2 Å². The van der Waals surface area contributed by atoms with Gasteiger partial charge >= 0.3 is 6.03 Å². The number of carbonyl (C=O) groups excluding carboxylic acids is 3. The SMILES string of the molecule is CCN(CC)c1ccc(C=C2C(=O)NC(=O)N(c3cccc(F)c3)C2=O)o1. The summed E-state index contributed by atoms with van der Waals surface area (Å²) >= 11 is 0. The van der Waals surface area contributed by atoms with E-state index in [9.17, 15) is 18.8 Å². The van der Waals surface area contributed by atoms with E-state index in [1.54, 1.807) is 12.1 Å². The van der Waals surface area contributed by atoms with E-state index < -0.39 is 23.7 Å². The summed E-state index contributed by atoms with van der Waals surface area (Å²) in [4.78, 5) is 39.6. The fourth-order valence-corrected chi connectivity index (χ4v) is 2.77. The molecule has 0 unspecified atom stereocenters. The molecule has 1 aromatic carbocycles. The highest BCUT2D eigenvalue weighted by atomic mass is 19.1. The molecule has 0 saturated carbocycles. The Balaban J connectivity index is 1.95. The molecule has 0 atom stereocenters. The number of nitrogens with zero attached hydrogens (tertiary/aromatic N) is 2. The second kappa shape index (κ2) is 7.45. The Kier molecular flexibility index (Phi) is 5.07. The average Bonchev–Trinajstić information content (AvgIpc) is 3.08. The molecule has 0 radical (unpaired) electrons.